The summed E-state index contributed by atoms with van der Waals surface area (Å²) in [6, 6.07) is 11.7. The Balaban J connectivity index is 1.59. The lowest BCUT2D eigenvalue weighted by Gasteiger charge is -2.17. The third-order valence-corrected chi connectivity index (χ3v) is 3.96. The van der Waals surface area contributed by atoms with Gasteiger partial charge in [0, 0.05) is 30.9 Å². The number of rotatable bonds is 5. The molecule has 0 atom stereocenters. The van der Waals surface area contributed by atoms with Crippen molar-refractivity contribution in [3.05, 3.63) is 59.6 Å². The summed E-state index contributed by atoms with van der Waals surface area (Å²) in [6.45, 7) is 4.38. The second-order valence-corrected chi connectivity index (χ2v) is 5.94. The molecule has 1 aromatic heterocycles. The van der Waals surface area contributed by atoms with E-state index in [2.05, 4.69) is 20.2 Å². The van der Waals surface area contributed by atoms with Crippen molar-refractivity contribution >= 4 is 17.8 Å². The Labute approximate surface area is 142 Å². The SMILES string of the molecule is Cc1cc(N2CCCC2)nc(CNC(=O)C=Cc2ccccc2)n1. The fraction of sp³-hybridized carbons (Fsp3) is 0.316. The lowest BCUT2D eigenvalue weighted by Crippen LogP contribution is -2.24. The Morgan fingerprint density at radius 2 is 1.96 bits per heavy atom. The van der Waals surface area contributed by atoms with Crippen LogP contribution in [0.3, 0.4) is 0 Å². The number of anilines is 1. The molecule has 0 aliphatic carbocycles. The molecule has 0 bridgehead atoms. The van der Waals surface area contributed by atoms with E-state index in [-0.39, 0.29) is 5.91 Å². The second kappa shape index (κ2) is 7.73. The van der Waals surface area contributed by atoms with Gasteiger partial charge >= 0.3 is 0 Å². The van der Waals surface area contributed by atoms with Gasteiger partial charge in [-0.05, 0) is 31.4 Å². The maximum atomic E-state index is 12.0. The van der Waals surface area contributed by atoms with Crippen molar-refractivity contribution in [1.29, 1.82) is 0 Å². The average Bonchev–Trinajstić information content (AvgIpc) is 3.13. The van der Waals surface area contributed by atoms with Gasteiger partial charge in [-0.3, -0.25) is 4.79 Å². The number of aryl methyl sites for hydroxylation is 1. The quantitative estimate of drug-likeness (QED) is 0.860. The molecule has 2 aromatic rings. The molecule has 0 spiro atoms. The molecular weight excluding hydrogens is 300 g/mol. The fourth-order valence-electron chi connectivity index (χ4n) is 2.76. The van der Waals surface area contributed by atoms with Crippen LogP contribution in [0, 0.1) is 6.92 Å². The highest BCUT2D eigenvalue weighted by molar-refractivity contribution is 5.91. The van der Waals surface area contributed by atoms with Crippen LogP contribution in [0.2, 0.25) is 0 Å². The van der Waals surface area contributed by atoms with Crippen LogP contribution in [0.4, 0.5) is 5.82 Å². The van der Waals surface area contributed by atoms with Crippen LogP contribution in [-0.2, 0) is 11.3 Å². The summed E-state index contributed by atoms with van der Waals surface area (Å²) in [5, 5.41) is 2.84. The third-order valence-electron chi connectivity index (χ3n) is 3.96. The fourth-order valence-corrected chi connectivity index (χ4v) is 2.76. The van der Waals surface area contributed by atoms with Crippen molar-refractivity contribution in [3.63, 3.8) is 0 Å². The van der Waals surface area contributed by atoms with E-state index >= 15 is 0 Å². The zero-order valence-corrected chi connectivity index (χ0v) is 13.9. The average molecular weight is 322 g/mol. The topological polar surface area (TPSA) is 58.1 Å². The molecule has 0 saturated carbocycles. The summed E-state index contributed by atoms with van der Waals surface area (Å²) >= 11 is 0. The highest BCUT2D eigenvalue weighted by Crippen LogP contribution is 2.18. The number of aromatic nitrogens is 2. The molecule has 124 valence electrons. The predicted molar refractivity (Wildman–Crippen MR) is 95.5 cm³/mol. The standard InChI is InChI=1S/C19H22N4O/c1-15-13-18(23-11-5-6-12-23)22-17(21-15)14-20-19(24)10-9-16-7-3-2-4-8-16/h2-4,7-10,13H,5-6,11-12,14H2,1H3,(H,20,24). The molecule has 1 N–H and O–H groups in total. The first kappa shape index (κ1) is 16.2. The van der Waals surface area contributed by atoms with Gasteiger partial charge in [0.05, 0.1) is 6.54 Å². The normalized spacial score (nSPS) is 14.3. The van der Waals surface area contributed by atoms with Gasteiger partial charge in [0.15, 0.2) is 0 Å². The molecule has 1 aliphatic rings. The van der Waals surface area contributed by atoms with E-state index in [1.54, 1.807) is 6.08 Å². The summed E-state index contributed by atoms with van der Waals surface area (Å²) in [5.41, 5.74) is 1.92. The second-order valence-electron chi connectivity index (χ2n) is 5.94. The molecule has 0 radical (unpaired) electrons. The number of carbonyl (C=O) groups excluding carboxylic acids is 1. The van der Waals surface area contributed by atoms with Crippen LogP contribution < -0.4 is 10.2 Å². The van der Waals surface area contributed by atoms with Crippen LogP contribution in [0.5, 0.6) is 0 Å². The molecule has 5 heteroatoms. The first-order chi connectivity index (χ1) is 11.7. The van der Waals surface area contributed by atoms with E-state index in [0.717, 1.165) is 30.2 Å². The maximum absolute atomic E-state index is 12.0. The number of nitrogens with zero attached hydrogens (tertiary/aromatic N) is 3. The van der Waals surface area contributed by atoms with Crippen LogP contribution >= 0.6 is 0 Å². The van der Waals surface area contributed by atoms with Crippen LogP contribution in [0.25, 0.3) is 6.08 Å². The molecule has 1 aliphatic heterocycles. The Bertz CT molecular complexity index is 721. The van der Waals surface area contributed by atoms with Crippen LogP contribution in [0.1, 0.15) is 29.9 Å². The van der Waals surface area contributed by atoms with Crippen molar-refractivity contribution in [2.24, 2.45) is 0 Å². The first-order valence-electron chi connectivity index (χ1n) is 8.31. The number of amides is 1. The molecule has 1 aromatic carbocycles. The zero-order valence-electron chi connectivity index (χ0n) is 13.9. The van der Waals surface area contributed by atoms with Gasteiger partial charge in [-0.15, -0.1) is 0 Å². The van der Waals surface area contributed by atoms with E-state index in [0.29, 0.717) is 12.4 Å². The number of carbonyl (C=O) groups is 1. The molecule has 24 heavy (non-hydrogen) atoms. The lowest BCUT2D eigenvalue weighted by molar-refractivity contribution is -0.116. The van der Waals surface area contributed by atoms with Crippen molar-refractivity contribution in [3.8, 4) is 0 Å². The van der Waals surface area contributed by atoms with E-state index in [1.807, 2.05) is 43.3 Å². The van der Waals surface area contributed by atoms with Gasteiger partial charge in [-0.25, -0.2) is 9.97 Å². The minimum Gasteiger partial charge on any atom is -0.357 e. The Morgan fingerprint density at radius 3 is 2.71 bits per heavy atom. The minimum atomic E-state index is -0.147. The van der Waals surface area contributed by atoms with E-state index < -0.39 is 0 Å². The highest BCUT2D eigenvalue weighted by atomic mass is 16.1. The molecular formula is C19H22N4O. The van der Waals surface area contributed by atoms with Gasteiger partial charge in [0.25, 0.3) is 0 Å². The highest BCUT2D eigenvalue weighted by Gasteiger charge is 2.15. The minimum absolute atomic E-state index is 0.147. The molecule has 0 unspecified atom stereocenters. The van der Waals surface area contributed by atoms with Crippen molar-refractivity contribution in [1.82, 2.24) is 15.3 Å². The lowest BCUT2D eigenvalue weighted by atomic mass is 10.2. The Morgan fingerprint density at radius 1 is 1.21 bits per heavy atom. The Hall–Kier alpha value is -2.69. The summed E-state index contributed by atoms with van der Waals surface area (Å²) in [6.07, 6.45) is 5.74. The Kier molecular flexibility index (Phi) is 5.21. The summed E-state index contributed by atoms with van der Waals surface area (Å²) in [4.78, 5) is 23.2. The van der Waals surface area contributed by atoms with Crippen molar-refractivity contribution in [2.75, 3.05) is 18.0 Å². The van der Waals surface area contributed by atoms with Gasteiger partial charge in [-0.2, -0.15) is 0 Å². The van der Waals surface area contributed by atoms with E-state index in [4.69, 9.17) is 0 Å². The van der Waals surface area contributed by atoms with Gasteiger partial charge in [0.1, 0.15) is 11.6 Å². The monoisotopic (exact) mass is 322 g/mol. The van der Waals surface area contributed by atoms with Gasteiger partial charge < -0.3 is 10.2 Å². The molecule has 1 saturated heterocycles. The summed E-state index contributed by atoms with van der Waals surface area (Å²) in [7, 11) is 0. The zero-order chi connectivity index (χ0) is 16.8. The number of hydrogen-bond donors (Lipinski definition) is 1. The van der Waals surface area contributed by atoms with Crippen molar-refractivity contribution in [2.45, 2.75) is 26.3 Å². The largest absolute Gasteiger partial charge is 0.357 e. The van der Waals surface area contributed by atoms with Crippen molar-refractivity contribution < 1.29 is 4.79 Å². The molecule has 1 fully saturated rings. The summed E-state index contributed by atoms with van der Waals surface area (Å²) < 4.78 is 0. The van der Waals surface area contributed by atoms with E-state index in [9.17, 15) is 4.79 Å². The third kappa shape index (κ3) is 4.41. The number of nitrogens with one attached hydrogen (secondary N) is 1. The molecule has 1 amide bonds. The van der Waals surface area contributed by atoms with Crippen LogP contribution in [0.15, 0.2) is 42.5 Å². The number of benzene rings is 1. The first-order valence-corrected chi connectivity index (χ1v) is 8.31. The van der Waals surface area contributed by atoms with Crippen LogP contribution in [-0.4, -0.2) is 29.0 Å². The summed E-state index contributed by atoms with van der Waals surface area (Å²) in [5.74, 6) is 1.47. The maximum Gasteiger partial charge on any atom is 0.244 e. The van der Waals surface area contributed by atoms with Gasteiger partial charge in [-0.1, -0.05) is 30.3 Å². The smallest absolute Gasteiger partial charge is 0.244 e. The number of hydrogen-bond acceptors (Lipinski definition) is 4. The predicted octanol–water partition coefficient (Wildman–Crippen LogP) is 2.71. The molecule has 2 heterocycles. The molecule has 3 rings (SSSR count). The molecule has 5 nitrogen and oxygen atoms in total. The van der Waals surface area contributed by atoms with E-state index in [1.165, 1.54) is 18.9 Å². The van der Waals surface area contributed by atoms with Gasteiger partial charge in [0.2, 0.25) is 5.91 Å².